The monoisotopic (exact) mass is 125 g/mol. The van der Waals surface area contributed by atoms with E-state index in [-0.39, 0.29) is 5.76 Å². The predicted octanol–water partition coefficient (Wildman–Crippen LogP) is 1.48. The van der Waals surface area contributed by atoms with Crippen LogP contribution in [0.15, 0.2) is 36.3 Å². The summed E-state index contributed by atoms with van der Waals surface area (Å²) in [4.78, 5) is 0. The van der Waals surface area contributed by atoms with E-state index < -0.39 is 0 Å². The average molecular weight is 125 g/mol. The maximum absolute atomic E-state index is 8.92. The summed E-state index contributed by atoms with van der Waals surface area (Å²) in [6.07, 6.45) is 1.36. The number of hydrogen-bond donors (Lipinski definition) is 2. The Morgan fingerprint density at radius 1 is 1.56 bits per heavy atom. The minimum Gasteiger partial charge on any atom is -0.508 e. The molecule has 0 aliphatic heterocycles. The fourth-order valence-corrected chi connectivity index (χ4v) is 0.299. The second kappa shape index (κ2) is 2.97. The van der Waals surface area contributed by atoms with E-state index in [0.717, 1.165) is 0 Å². The first kappa shape index (κ1) is 7.82. The third-order valence-electron chi connectivity index (χ3n) is 0.759. The van der Waals surface area contributed by atoms with E-state index >= 15 is 0 Å². The minimum atomic E-state index is 0.0856. The molecule has 0 unspecified atom stereocenters. The molecule has 0 heterocycles. The third-order valence-corrected chi connectivity index (χ3v) is 0.759. The molecule has 0 fully saturated rings. The molecule has 0 aromatic rings. The molecular formula is C7H11NO. The normalized spacial score (nSPS) is 11.0. The van der Waals surface area contributed by atoms with Gasteiger partial charge in [0, 0.05) is 11.8 Å². The van der Waals surface area contributed by atoms with Gasteiger partial charge < -0.3 is 10.8 Å². The van der Waals surface area contributed by atoms with Crippen LogP contribution in [-0.4, -0.2) is 5.11 Å². The van der Waals surface area contributed by atoms with Crippen LogP contribution < -0.4 is 5.73 Å². The third kappa shape index (κ3) is 3.41. The Hall–Kier alpha value is -1.18. The quantitative estimate of drug-likeness (QED) is 0.433. The van der Waals surface area contributed by atoms with Crippen LogP contribution in [0.3, 0.4) is 0 Å². The van der Waals surface area contributed by atoms with Gasteiger partial charge in [-0.1, -0.05) is 13.2 Å². The number of aliphatic hydroxyl groups is 1. The number of nitrogens with two attached hydrogens (primary N) is 1. The summed E-state index contributed by atoms with van der Waals surface area (Å²) >= 11 is 0. The van der Waals surface area contributed by atoms with E-state index in [4.69, 9.17) is 10.8 Å². The Kier molecular flexibility index (Phi) is 2.58. The van der Waals surface area contributed by atoms with Crippen LogP contribution >= 0.6 is 0 Å². The lowest BCUT2D eigenvalue weighted by atomic mass is 10.2. The van der Waals surface area contributed by atoms with Crippen molar-refractivity contribution in [2.24, 2.45) is 5.73 Å². The first-order chi connectivity index (χ1) is 4.04. The van der Waals surface area contributed by atoms with E-state index in [1.165, 1.54) is 6.08 Å². The Balaban J connectivity index is 4.17. The highest BCUT2D eigenvalue weighted by Gasteiger charge is 1.90. The summed E-state index contributed by atoms with van der Waals surface area (Å²) < 4.78 is 0. The van der Waals surface area contributed by atoms with Crippen molar-refractivity contribution < 1.29 is 5.11 Å². The fraction of sp³-hybridized carbons (Fsp3) is 0.143. The standard InChI is InChI=1S/C7H11NO/c1-5(2)7(9)4-6(3)8/h4,9H,1,3,8H2,2H3/b7-4+. The summed E-state index contributed by atoms with van der Waals surface area (Å²) in [5, 5.41) is 8.92. The Bertz CT molecular complexity index is 168. The minimum absolute atomic E-state index is 0.0856. The maximum Gasteiger partial charge on any atom is 0.119 e. The fourth-order valence-electron chi connectivity index (χ4n) is 0.299. The van der Waals surface area contributed by atoms with Crippen molar-refractivity contribution in [3.8, 4) is 0 Å². The molecule has 0 aliphatic rings. The summed E-state index contributed by atoms with van der Waals surface area (Å²) in [7, 11) is 0. The molecule has 0 aromatic carbocycles. The Morgan fingerprint density at radius 3 is 2.11 bits per heavy atom. The van der Waals surface area contributed by atoms with E-state index in [2.05, 4.69) is 13.2 Å². The molecule has 9 heavy (non-hydrogen) atoms. The molecule has 0 amide bonds. The van der Waals surface area contributed by atoms with Gasteiger partial charge in [0.2, 0.25) is 0 Å². The molecule has 2 heteroatoms. The number of aliphatic hydroxyl groups excluding tert-OH is 1. The highest BCUT2D eigenvalue weighted by molar-refractivity contribution is 5.26. The van der Waals surface area contributed by atoms with Gasteiger partial charge >= 0.3 is 0 Å². The molecule has 0 rings (SSSR count). The molecule has 0 spiro atoms. The van der Waals surface area contributed by atoms with Crippen molar-refractivity contribution in [3.63, 3.8) is 0 Å². The molecule has 0 aromatic heterocycles. The molecule has 0 saturated carbocycles. The molecule has 3 N–H and O–H groups in total. The van der Waals surface area contributed by atoms with Gasteiger partial charge in [0.05, 0.1) is 0 Å². The largest absolute Gasteiger partial charge is 0.508 e. The predicted molar refractivity (Wildman–Crippen MR) is 38.9 cm³/mol. The Labute approximate surface area is 55.0 Å². The lowest BCUT2D eigenvalue weighted by molar-refractivity contribution is 0.423. The molecule has 50 valence electrons. The molecule has 2 nitrogen and oxygen atoms in total. The number of hydrogen-bond acceptors (Lipinski definition) is 2. The van der Waals surface area contributed by atoms with Crippen molar-refractivity contribution in [3.05, 3.63) is 36.3 Å². The zero-order valence-electron chi connectivity index (χ0n) is 5.52. The number of allylic oxidation sites excluding steroid dienone is 2. The molecule has 0 radical (unpaired) electrons. The van der Waals surface area contributed by atoms with Crippen LogP contribution in [-0.2, 0) is 0 Å². The van der Waals surface area contributed by atoms with Crippen molar-refractivity contribution in [1.29, 1.82) is 0 Å². The van der Waals surface area contributed by atoms with Gasteiger partial charge in [0.1, 0.15) is 5.76 Å². The van der Waals surface area contributed by atoms with E-state index in [0.29, 0.717) is 11.3 Å². The van der Waals surface area contributed by atoms with Gasteiger partial charge in [-0.05, 0) is 12.5 Å². The van der Waals surface area contributed by atoms with E-state index in [1.807, 2.05) is 0 Å². The van der Waals surface area contributed by atoms with E-state index in [9.17, 15) is 0 Å². The summed E-state index contributed by atoms with van der Waals surface area (Å²) in [5.41, 5.74) is 6.07. The van der Waals surface area contributed by atoms with Crippen LogP contribution in [0.2, 0.25) is 0 Å². The van der Waals surface area contributed by atoms with E-state index in [1.54, 1.807) is 6.92 Å². The first-order valence-electron chi connectivity index (χ1n) is 2.55. The molecular weight excluding hydrogens is 114 g/mol. The number of rotatable bonds is 2. The maximum atomic E-state index is 8.92. The second-order valence-corrected chi connectivity index (χ2v) is 1.88. The average Bonchev–Trinajstić information content (AvgIpc) is 1.63. The zero-order valence-corrected chi connectivity index (χ0v) is 5.52. The van der Waals surface area contributed by atoms with Gasteiger partial charge in [-0.2, -0.15) is 0 Å². The SMILES string of the molecule is C=C(N)/C=C(/O)C(=C)C. The molecule has 0 saturated heterocycles. The van der Waals surface area contributed by atoms with Crippen LogP contribution in [0.5, 0.6) is 0 Å². The molecule has 0 aliphatic carbocycles. The van der Waals surface area contributed by atoms with Crippen LogP contribution in [0, 0.1) is 0 Å². The zero-order chi connectivity index (χ0) is 7.44. The second-order valence-electron chi connectivity index (χ2n) is 1.88. The first-order valence-corrected chi connectivity index (χ1v) is 2.55. The Morgan fingerprint density at radius 2 is 2.00 bits per heavy atom. The summed E-state index contributed by atoms with van der Waals surface area (Å²) in [5.74, 6) is 0.0856. The van der Waals surface area contributed by atoms with Gasteiger partial charge in [-0.15, -0.1) is 0 Å². The van der Waals surface area contributed by atoms with Crippen molar-refractivity contribution >= 4 is 0 Å². The highest BCUT2D eigenvalue weighted by Crippen LogP contribution is 2.02. The van der Waals surface area contributed by atoms with Crippen molar-refractivity contribution in [2.75, 3.05) is 0 Å². The van der Waals surface area contributed by atoms with Crippen LogP contribution in [0.25, 0.3) is 0 Å². The van der Waals surface area contributed by atoms with Crippen LogP contribution in [0.1, 0.15) is 6.92 Å². The topological polar surface area (TPSA) is 46.2 Å². The molecule has 0 atom stereocenters. The van der Waals surface area contributed by atoms with Crippen molar-refractivity contribution in [2.45, 2.75) is 6.92 Å². The van der Waals surface area contributed by atoms with Crippen LogP contribution in [0.4, 0.5) is 0 Å². The summed E-state index contributed by atoms with van der Waals surface area (Å²) in [6, 6.07) is 0. The van der Waals surface area contributed by atoms with Gasteiger partial charge in [-0.25, -0.2) is 0 Å². The van der Waals surface area contributed by atoms with Gasteiger partial charge in [0.15, 0.2) is 0 Å². The smallest absolute Gasteiger partial charge is 0.119 e. The van der Waals surface area contributed by atoms with Gasteiger partial charge in [-0.3, -0.25) is 0 Å². The highest BCUT2D eigenvalue weighted by atomic mass is 16.3. The molecule has 0 bridgehead atoms. The lowest BCUT2D eigenvalue weighted by Gasteiger charge is -1.95. The van der Waals surface area contributed by atoms with Crippen molar-refractivity contribution in [1.82, 2.24) is 0 Å². The van der Waals surface area contributed by atoms with Gasteiger partial charge in [0.25, 0.3) is 0 Å². The summed E-state index contributed by atoms with van der Waals surface area (Å²) in [6.45, 7) is 8.56. The lowest BCUT2D eigenvalue weighted by Crippen LogP contribution is -1.92.